The summed E-state index contributed by atoms with van der Waals surface area (Å²) in [7, 11) is 0. The van der Waals surface area contributed by atoms with Crippen LogP contribution in [-0.2, 0) is 22.4 Å². The minimum absolute atomic E-state index is 0.0650. The summed E-state index contributed by atoms with van der Waals surface area (Å²) in [5.74, 6) is 0.236. The number of fused-ring (bicyclic) bond motifs is 1. The van der Waals surface area contributed by atoms with Crippen LogP contribution in [0.2, 0.25) is 0 Å². The quantitative estimate of drug-likeness (QED) is 0.648. The van der Waals surface area contributed by atoms with Gasteiger partial charge in [0, 0.05) is 13.2 Å². The second-order valence-electron chi connectivity index (χ2n) is 8.53. The van der Waals surface area contributed by atoms with E-state index in [0.29, 0.717) is 24.2 Å². The largest absolute Gasteiger partial charge is 0.481 e. The van der Waals surface area contributed by atoms with Crippen molar-refractivity contribution in [1.82, 2.24) is 5.32 Å². The predicted molar refractivity (Wildman–Crippen MR) is 124 cm³/mol. The molecule has 1 fully saturated rings. The maximum Gasteiger partial charge on any atom is 0.265 e. The first-order valence-electron chi connectivity index (χ1n) is 11.7. The summed E-state index contributed by atoms with van der Waals surface area (Å²) in [4.78, 5) is 25.7. The molecule has 6 nitrogen and oxygen atoms in total. The maximum atomic E-state index is 13.0. The summed E-state index contributed by atoms with van der Waals surface area (Å²) in [5.41, 5.74) is 3.61. The number of anilines is 1. The van der Waals surface area contributed by atoms with Gasteiger partial charge in [-0.2, -0.15) is 0 Å². The molecule has 2 amide bonds. The Morgan fingerprint density at radius 2 is 1.91 bits per heavy atom. The summed E-state index contributed by atoms with van der Waals surface area (Å²) >= 11 is 0. The Morgan fingerprint density at radius 1 is 1.09 bits per heavy atom. The van der Waals surface area contributed by atoms with E-state index < -0.39 is 6.10 Å². The lowest BCUT2D eigenvalue weighted by Gasteiger charge is -2.21. The van der Waals surface area contributed by atoms with E-state index in [1.165, 1.54) is 24.0 Å². The maximum absolute atomic E-state index is 13.0. The monoisotopic (exact) mass is 436 g/mol. The van der Waals surface area contributed by atoms with Gasteiger partial charge >= 0.3 is 0 Å². The van der Waals surface area contributed by atoms with Gasteiger partial charge in [-0.1, -0.05) is 25.1 Å². The zero-order chi connectivity index (χ0) is 22.3. The van der Waals surface area contributed by atoms with Gasteiger partial charge in [-0.15, -0.1) is 0 Å². The molecule has 1 aliphatic carbocycles. The Kier molecular flexibility index (Phi) is 7.43. The van der Waals surface area contributed by atoms with Crippen molar-refractivity contribution in [3.05, 3.63) is 59.2 Å². The summed E-state index contributed by atoms with van der Waals surface area (Å²) in [5, 5.41) is 5.82. The summed E-state index contributed by atoms with van der Waals surface area (Å²) in [6, 6.07) is 13.2. The summed E-state index contributed by atoms with van der Waals surface area (Å²) in [6.07, 6.45) is 6.52. The molecule has 2 aliphatic rings. The second kappa shape index (κ2) is 10.6. The van der Waals surface area contributed by atoms with Gasteiger partial charge in [0.2, 0.25) is 0 Å². The van der Waals surface area contributed by atoms with Crippen LogP contribution >= 0.6 is 0 Å². The van der Waals surface area contributed by atoms with Crippen molar-refractivity contribution in [2.24, 2.45) is 0 Å². The fourth-order valence-corrected chi connectivity index (χ4v) is 4.38. The van der Waals surface area contributed by atoms with E-state index in [9.17, 15) is 9.59 Å². The minimum atomic E-state index is -0.639. The molecule has 4 rings (SSSR count). The lowest BCUT2D eigenvalue weighted by Crippen LogP contribution is -2.35. The molecular weight excluding hydrogens is 404 g/mol. The number of amides is 2. The van der Waals surface area contributed by atoms with Crippen molar-refractivity contribution in [3.63, 3.8) is 0 Å². The Bertz CT molecular complexity index is 953. The van der Waals surface area contributed by atoms with Crippen LogP contribution in [0.25, 0.3) is 0 Å². The minimum Gasteiger partial charge on any atom is -0.481 e. The van der Waals surface area contributed by atoms with Gasteiger partial charge in [-0.3, -0.25) is 9.59 Å². The highest BCUT2D eigenvalue weighted by molar-refractivity contribution is 6.04. The Hall–Kier alpha value is -2.86. The molecule has 2 atom stereocenters. The van der Waals surface area contributed by atoms with Crippen LogP contribution in [0.3, 0.4) is 0 Å². The van der Waals surface area contributed by atoms with E-state index >= 15 is 0 Å². The Morgan fingerprint density at radius 3 is 2.69 bits per heavy atom. The number of carbonyl (C=O) groups excluding carboxylic acids is 2. The summed E-state index contributed by atoms with van der Waals surface area (Å²) < 4.78 is 11.6. The van der Waals surface area contributed by atoms with Crippen molar-refractivity contribution in [2.45, 2.75) is 64.1 Å². The number of benzene rings is 2. The molecule has 0 saturated carbocycles. The van der Waals surface area contributed by atoms with E-state index in [1.54, 1.807) is 24.3 Å². The molecule has 0 radical (unpaired) electrons. The molecule has 2 aromatic carbocycles. The molecule has 170 valence electrons. The predicted octanol–water partition coefficient (Wildman–Crippen LogP) is 4.27. The van der Waals surface area contributed by atoms with E-state index in [2.05, 4.69) is 22.8 Å². The molecule has 0 spiro atoms. The van der Waals surface area contributed by atoms with Crippen LogP contribution in [0, 0.1) is 0 Å². The third kappa shape index (κ3) is 5.49. The zero-order valence-electron chi connectivity index (χ0n) is 18.7. The van der Waals surface area contributed by atoms with Crippen LogP contribution in [0.5, 0.6) is 5.75 Å². The topological polar surface area (TPSA) is 76.7 Å². The zero-order valence-corrected chi connectivity index (χ0v) is 18.7. The van der Waals surface area contributed by atoms with Gasteiger partial charge in [-0.05, 0) is 80.3 Å². The number of rotatable bonds is 8. The van der Waals surface area contributed by atoms with Gasteiger partial charge in [0.15, 0.2) is 6.10 Å². The first kappa shape index (κ1) is 22.3. The molecule has 1 aliphatic heterocycles. The van der Waals surface area contributed by atoms with Gasteiger partial charge in [0.05, 0.1) is 17.4 Å². The molecule has 2 N–H and O–H groups in total. The SMILES string of the molecule is CC[C@H](Oc1ccc2c(c1)CCCC2)C(=O)Nc1ccccc1C(=O)NC[C@@H]1CCCO1. The van der Waals surface area contributed by atoms with Gasteiger partial charge in [-0.25, -0.2) is 0 Å². The average Bonchev–Trinajstić information content (AvgIpc) is 3.35. The van der Waals surface area contributed by atoms with E-state index in [1.807, 2.05) is 13.0 Å². The van der Waals surface area contributed by atoms with Crippen molar-refractivity contribution in [1.29, 1.82) is 0 Å². The van der Waals surface area contributed by atoms with Crippen LogP contribution in [0.4, 0.5) is 5.69 Å². The van der Waals surface area contributed by atoms with Crippen LogP contribution in [0.1, 0.15) is 60.5 Å². The second-order valence-corrected chi connectivity index (χ2v) is 8.53. The van der Waals surface area contributed by atoms with Gasteiger partial charge < -0.3 is 20.1 Å². The van der Waals surface area contributed by atoms with Crippen LogP contribution in [-0.4, -0.2) is 37.2 Å². The first-order chi connectivity index (χ1) is 15.6. The van der Waals surface area contributed by atoms with Crippen molar-refractivity contribution < 1.29 is 19.1 Å². The van der Waals surface area contributed by atoms with Gasteiger partial charge in [0.1, 0.15) is 5.75 Å². The number of hydrogen-bond acceptors (Lipinski definition) is 4. The molecule has 6 heteroatoms. The molecule has 1 heterocycles. The lowest BCUT2D eigenvalue weighted by atomic mass is 9.92. The highest BCUT2D eigenvalue weighted by atomic mass is 16.5. The number of carbonyl (C=O) groups is 2. The Labute approximate surface area is 189 Å². The Balaban J connectivity index is 1.40. The fraction of sp³-hybridized carbons (Fsp3) is 0.462. The smallest absolute Gasteiger partial charge is 0.265 e. The third-order valence-corrected chi connectivity index (χ3v) is 6.21. The van der Waals surface area contributed by atoms with Crippen LogP contribution < -0.4 is 15.4 Å². The number of ether oxygens (including phenoxy) is 2. The highest BCUT2D eigenvalue weighted by Gasteiger charge is 2.22. The summed E-state index contributed by atoms with van der Waals surface area (Å²) in [6.45, 7) is 3.14. The van der Waals surface area contributed by atoms with E-state index in [0.717, 1.165) is 38.0 Å². The number of para-hydroxylation sites is 1. The van der Waals surface area contributed by atoms with Crippen molar-refractivity contribution in [3.8, 4) is 5.75 Å². The molecule has 0 bridgehead atoms. The first-order valence-corrected chi connectivity index (χ1v) is 11.7. The molecule has 2 aromatic rings. The van der Waals surface area contributed by atoms with E-state index in [4.69, 9.17) is 9.47 Å². The fourth-order valence-electron chi connectivity index (χ4n) is 4.38. The van der Waals surface area contributed by atoms with Crippen LogP contribution in [0.15, 0.2) is 42.5 Å². The number of nitrogens with one attached hydrogen (secondary N) is 2. The average molecular weight is 437 g/mol. The van der Waals surface area contributed by atoms with Crippen molar-refractivity contribution in [2.75, 3.05) is 18.5 Å². The highest BCUT2D eigenvalue weighted by Crippen LogP contribution is 2.26. The molecule has 32 heavy (non-hydrogen) atoms. The lowest BCUT2D eigenvalue weighted by molar-refractivity contribution is -0.122. The molecule has 0 aromatic heterocycles. The normalized spacial score (nSPS) is 18.5. The third-order valence-electron chi connectivity index (χ3n) is 6.21. The molecule has 0 unspecified atom stereocenters. The van der Waals surface area contributed by atoms with Crippen molar-refractivity contribution >= 4 is 17.5 Å². The number of aryl methyl sites for hydroxylation is 2. The standard InChI is InChI=1S/C26H32N2O4/c1-2-24(32-20-14-13-18-8-3-4-9-19(18)16-20)26(30)28-23-12-6-5-11-22(23)25(29)27-17-21-10-7-15-31-21/h5-6,11-14,16,21,24H,2-4,7-10,15,17H2,1H3,(H,27,29)(H,28,30)/t21-,24-/m0/s1. The van der Waals surface area contributed by atoms with E-state index in [-0.39, 0.29) is 17.9 Å². The van der Waals surface area contributed by atoms with Gasteiger partial charge in [0.25, 0.3) is 11.8 Å². The molecule has 1 saturated heterocycles. The molecular formula is C26H32N2O4. The number of hydrogen-bond donors (Lipinski definition) is 2.